The van der Waals surface area contributed by atoms with Crippen molar-refractivity contribution in [2.75, 3.05) is 11.5 Å². The fraction of sp³-hybridized carbons (Fsp3) is 0. The minimum Gasteiger partial charge on any atom is -0.398 e. The molecule has 0 saturated carbocycles. The van der Waals surface area contributed by atoms with E-state index in [-0.39, 0.29) is 0 Å². The van der Waals surface area contributed by atoms with Crippen LogP contribution in [0, 0.1) is 0 Å². The summed E-state index contributed by atoms with van der Waals surface area (Å²) in [6, 6.07) is 1.61. The highest BCUT2D eigenvalue weighted by molar-refractivity contribution is 5.64. The second kappa shape index (κ2) is 2.39. The number of nitrogens with two attached hydrogens (primary N) is 2. The molecule has 0 radical (unpaired) electrons. The summed E-state index contributed by atoms with van der Waals surface area (Å²) >= 11 is 0. The summed E-state index contributed by atoms with van der Waals surface area (Å²) in [5, 5.41) is 0. The minimum atomic E-state index is 0.433. The lowest BCUT2D eigenvalue weighted by atomic mass is 10.2. The highest BCUT2D eigenvalue weighted by Gasteiger charge is 1.93. The van der Waals surface area contributed by atoms with Gasteiger partial charge in [-0.25, -0.2) is 4.98 Å². The van der Waals surface area contributed by atoms with Gasteiger partial charge < -0.3 is 11.5 Å². The van der Waals surface area contributed by atoms with Crippen molar-refractivity contribution in [3.63, 3.8) is 0 Å². The SMILES string of the molecule is C=Cc1cnc(N)cc1N. The molecule has 0 aliphatic carbocycles. The molecule has 0 aromatic carbocycles. The smallest absolute Gasteiger partial charge is 0.125 e. The maximum Gasteiger partial charge on any atom is 0.125 e. The van der Waals surface area contributed by atoms with Crippen molar-refractivity contribution in [2.45, 2.75) is 0 Å². The molecule has 52 valence electrons. The standard InChI is InChI=1S/C7H9N3/c1-2-5-4-10-7(9)3-6(5)8/h2-4H,1H2,(H4,8,9,10). The third-order valence-electron chi connectivity index (χ3n) is 1.21. The van der Waals surface area contributed by atoms with Gasteiger partial charge >= 0.3 is 0 Å². The summed E-state index contributed by atoms with van der Waals surface area (Å²) in [7, 11) is 0. The van der Waals surface area contributed by atoms with Crippen LogP contribution in [-0.2, 0) is 0 Å². The van der Waals surface area contributed by atoms with E-state index in [1.807, 2.05) is 0 Å². The first-order chi connectivity index (χ1) is 4.74. The van der Waals surface area contributed by atoms with Crippen LogP contribution in [0.15, 0.2) is 18.8 Å². The second-order valence-electron chi connectivity index (χ2n) is 1.94. The lowest BCUT2D eigenvalue weighted by Gasteiger charge is -1.98. The highest BCUT2D eigenvalue weighted by atomic mass is 14.8. The molecule has 0 saturated heterocycles. The third-order valence-corrected chi connectivity index (χ3v) is 1.21. The van der Waals surface area contributed by atoms with E-state index in [1.54, 1.807) is 18.3 Å². The first-order valence-electron chi connectivity index (χ1n) is 2.87. The number of nitrogens with zero attached hydrogens (tertiary/aromatic N) is 1. The van der Waals surface area contributed by atoms with Crippen LogP contribution in [0.5, 0.6) is 0 Å². The minimum absolute atomic E-state index is 0.433. The van der Waals surface area contributed by atoms with Gasteiger partial charge in [-0.1, -0.05) is 12.7 Å². The average molecular weight is 135 g/mol. The molecule has 1 aromatic heterocycles. The van der Waals surface area contributed by atoms with Crippen LogP contribution in [0.2, 0.25) is 0 Å². The van der Waals surface area contributed by atoms with Crippen LogP contribution in [0.25, 0.3) is 6.08 Å². The molecule has 1 rings (SSSR count). The Balaban J connectivity index is 3.19. The van der Waals surface area contributed by atoms with Gasteiger partial charge in [0.05, 0.1) is 0 Å². The normalized spacial score (nSPS) is 9.20. The van der Waals surface area contributed by atoms with Gasteiger partial charge in [0.15, 0.2) is 0 Å². The average Bonchev–Trinajstić information content (AvgIpc) is 1.88. The van der Waals surface area contributed by atoms with Gasteiger partial charge in [0, 0.05) is 23.5 Å². The molecule has 10 heavy (non-hydrogen) atoms. The number of hydrogen-bond donors (Lipinski definition) is 2. The van der Waals surface area contributed by atoms with Crippen molar-refractivity contribution in [1.29, 1.82) is 0 Å². The van der Waals surface area contributed by atoms with Gasteiger partial charge in [0.1, 0.15) is 5.82 Å². The van der Waals surface area contributed by atoms with E-state index in [1.165, 1.54) is 0 Å². The van der Waals surface area contributed by atoms with Crippen molar-refractivity contribution in [1.82, 2.24) is 4.98 Å². The Labute approximate surface area is 59.4 Å². The van der Waals surface area contributed by atoms with E-state index in [0.29, 0.717) is 11.5 Å². The topological polar surface area (TPSA) is 64.9 Å². The summed E-state index contributed by atoms with van der Waals surface area (Å²) in [6.07, 6.45) is 3.24. The van der Waals surface area contributed by atoms with Crippen molar-refractivity contribution < 1.29 is 0 Å². The van der Waals surface area contributed by atoms with Crippen LogP contribution in [0.4, 0.5) is 11.5 Å². The van der Waals surface area contributed by atoms with Crippen LogP contribution in [0.1, 0.15) is 5.56 Å². The predicted molar refractivity (Wildman–Crippen MR) is 43.2 cm³/mol. The van der Waals surface area contributed by atoms with E-state index in [9.17, 15) is 0 Å². The Kier molecular flexibility index (Phi) is 1.58. The van der Waals surface area contributed by atoms with Crippen LogP contribution >= 0.6 is 0 Å². The summed E-state index contributed by atoms with van der Waals surface area (Å²) in [5.41, 5.74) is 12.3. The van der Waals surface area contributed by atoms with Gasteiger partial charge in [0.2, 0.25) is 0 Å². The Morgan fingerprint density at radius 2 is 2.20 bits per heavy atom. The van der Waals surface area contributed by atoms with Gasteiger partial charge in [0.25, 0.3) is 0 Å². The molecular weight excluding hydrogens is 126 g/mol. The summed E-state index contributed by atoms with van der Waals surface area (Å²) in [5.74, 6) is 0.433. The summed E-state index contributed by atoms with van der Waals surface area (Å²) in [4.78, 5) is 3.84. The molecule has 3 heteroatoms. The van der Waals surface area contributed by atoms with E-state index in [0.717, 1.165) is 5.56 Å². The number of anilines is 2. The molecule has 3 nitrogen and oxygen atoms in total. The van der Waals surface area contributed by atoms with E-state index in [2.05, 4.69) is 11.6 Å². The lowest BCUT2D eigenvalue weighted by Crippen LogP contribution is -1.95. The Morgan fingerprint density at radius 1 is 1.50 bits per heavy atom. The van der Waals surface area contributed by atoms with Crippen LogP contribution in [0.3, 0.4) is 0 Å². The maximum absolute atomic E-state index is 5.54. The number of pyridine rings is 1. The zero-order valence-corrected chi connectivity index (χ0v) is 5.54. The number of rotatable bonds is 1. The van der Waals surface area contributed by atoms with Crippen LogP contribution in [-0.4, -0.2) is 4.98 Å². The molecule has 0 bridgehead atoms. The summed E-state index contributed by atoms with van der Waals surface area (Å²) < 4.78 is 0. The van der Waals surface area contributed by atoms with Crippen molar-refractivity contribution in [3.8, 4) is 0 Å². The van der Waals surface area contributed by atoms with Gasteiger partial charge in [-0.3, -0.25) is 0 Å². The molecule has 1 heterocycles. The molecule has 4 N–H and O–H groups in total. The highest BCUT2D eigenvalue weighted by Crippen LogP contribution is 2.12. The molecule has 0 amide bonds. The fourth-order valence-corrected chi connectivity index (χ4v) is 0.669. The van der Waals surface area contributed by atoms with Crippen molar-refractivity contribution in [3.05, 3.63) is 24.4 Å². The number of aromatic nitrogens is 1. The molecule has 0 aliphatic rings. The molecule has 0 fully saturated rings. The fourth-order valence-electron chi connectivity index (χ4n) is 0.669. The van der Waals surface area contributed by atoms with Gasteiger partial charge in [-0.2, -0.15) is 0 Å². The monoisotopic (exact) mass is 135 g/mol. The number of hydrogen-bond acceptors (Lipinski definition) is 3. The zero-order chi connectivity index (χ0) is 7.56. The first-order valence-corrected chi connectivity index (χ1v) is 2.87. The maximum atomic E-state index is 5.54. The summed E-state index contributed by atoms with van der Waals surface area (Å²) in [6.45, 7) is 3.56. The second-order valence-corrected chi connectivity index (χ2v) is 1.94. The lowest BCUT2D eigenvalue weighted by molar-refractivity contribution is 1.33. The van der Waals surface area contributed by atoms with Crippen molar-refractivity contribution >= 4 is 17.6 Å². The quantitative estimate of drug-likeness (QED) is 0.601. The molecule has 0 spiro atoms. The molecule has 1 aromatic rings. The van der Waals surface area contributed by atoms with E-state index < -0.39 is 0 Å². The van der Waals surface area contributed by atoms with E-state index >= 15 is 0 Å². The van der Waals surface area contributed by atoms with Gasteiger partial charge in [-0.15, -0.1) is 0 Å². The molecular formula is C7H9N3. The van der Waals surface area contributed by atoms with Crippen molar-refractivity contribution in [2.24, 2.45) is 0 Å². The zero-order valence-electron chi connectivity index (χ0n) is 5.54. The van der Waals surface area contributed by atoms with E-state index in [4.69, 9.17) is 11.5 Å². The van der Waals surface area contributed by atoms with Gasteiger partial charge in [-0.05, 0) is 0 Å². The Morgan fingerprint density at radius 3 is 2.70 bits per heavy atom. The molecule has 0 aliphatic heterocycles. The Hall–Kier alpha value is -1.51. The number of nitrogen functional groups attached to an aromatic ring is 2. The largest absolute Gasteiger partial charge is 0.398 e. The predicted octanol–water partition coefficient (Wildman–Crippen LogP) is 0.889. The molecule has 0 atom stereocenters. The Bertz CT molecular complexity index is 255. The third kappa shape index (κ3) is 1.07. The molecule has 0 unspecified atom stereocenters. The van der Waals surface area contributed by atoms with Crippen LogP contribution < -0.4 is 11.5 Å². The first kappa shape index (κ1) is 6.61.